The molecule has 0 unspecified atom stereocenters. The lowest BCUT2D eigenvalue weighted by molar-refractivity contribution is 0.628. The van der Waals surface area contributed by atoms with Gasteiger partial charge in [-0.2, -0.15) is 20.5 Å². The van der Waals surface area contributed by atoms with E-state index in [4.69, 9.17) is 5.73 Å². The predicted molar refractivity (Wildman–Crippen MR) is 82.7 cm³/mol. The van der Waals surface area contributed by atoms with Crippen molar-refractivity contribution in [3.63, 3.8) is 0 Å². The van der Waals surface area contributed by atoms with Crippen molar-refractivity contribution in [2.24, 2.45) is 10.2 Å². The van der Waals surface area contributed by atoms with E-state index in [-0.39, 0.29) is 22.7 Å². The van der Waals surface area contributed by atoms with Crippen LogP contribution in [0.5, 0.6) is 0 Å². The van der Waals surface area contributed by atoms with Gasteiger partial charge in [0.15, 0.2) is 11.5 Å². The van der Waals surface area contributed by atoms with Crippen molar-refractivity contribution in [1.82, 2.24) is 14.6 Å². The highest BCUT2D eigenvalue weighted by Gasteiger charge is 2.19. The molecule has 0 bridgehead atoms. The normalized spacial score (nSPS) is 11.2. The molecule has 0 aliphatic heterocycles. The Kier molecular flexibility index (Phi) is 3.46. The van der Waals surface area contributed by atoms with Gasteiger partial charge in [-0.1, -0.05) is 6.07 Å². The summed E-state index contributed by atoms with van der Waals surface area (Å²) in [5.74, 6) is -0.601. The van der Waals surface area contributed by atoms with Gasteiger partial charge in [0, 0.05) is 12.6 Å². The SMILES string of the molecule is CN=Nc1ccc(-c2c(F)cn3nc(N)nc(C#N)c23)cc1C. The molecule has 8 heteroatoms. The highest BCUT2D eigenvalue weighted by Crippen LogP contribution is 2.33. The fraction of sp³-hybridized carbons (Fsp3) is 0.133. The summed E-state index contributed by atoms with van der Waals surface area (Å²) in [5, 5.41) is 20.9. The van der Waals surface area contributed by atoms with E-state index in [1.165, 1.54) is 10.7 Å². The molecule has 0 aliphatic carbocycles. The number of nitrogens with two attached hydrogens (primary N) is 1. The summed E-state index contributed by atoms with van der Waals surface area (Å²) in [6.45, 7) is 1.85. The van der Waals surface area contributed by atoms with E-state index in [0.717, 1.165) is 5.56 Å². The van der Waals surface area contributed by atoms with Gasteiger partial charge in [0.2, 0.25) is 5.95 Å². The van der Waals surface area contributed by atoms with Crippen LogP contribution in [0.15, 0.2) is 34.6 Å². The Morgan fingerprint density at radius 3 is 2.83 bits per heavy atom. The molecular formula is C15H12FN7. The summed E-state index contributed by atoms with van der Waals surface area (Å²) in [5.41, 5.74) is 8.22. The van der Waals surface area contributed by atoms with Crippen LogP contribution in [0.3, 0.4) is 0 Å². The maximum absolute atomic E-state index is 14.4. The number of rotatable bonds is 2. The monoisotopic (exact) mass is 309 g/mol. The lowest BCUT2D eigenvalue weighted by atomic mass is 10.0. The lowest BCUT2D eigenvalue weighted by Crippen LogP contribution is -2.03. The molecular weight excluding hydrogens is 297 g/mol. The zero-order valence-corrected chi connectivity index (χ0v) is 12.4. The molecule has 2 heterocycles. The third-order valence-electron chi connectivity index (χ3n) is 3.40. The van der Waals surface area contributed by atoms with Crippen molar-refractivity contribution < 1.29 is 4.39 Å². The second kappa shape index (κ2) is 5.46. The van der Waals surface area contributed by atoms with Crippen LogP contribution in [0.1, 0.15) is 11.3 Å². The number of hydrogen-bond donors (Lipinski definition) is 1. The van der Waals surface area contributed by atoms with Gasteiger partial charge in [0.05, 0.1) is 11.9 Å². The fourth-order valence-electron chi connectivity index (χ4n) is 2.45. The number of azo groups is 1. The molecule has 0 aliphatic rings. The minimum Gasteiger partial charge on any atom is -0.367 e. The number of anilines is 1. The zero-order chi connectivity index (χ0) is 16.6. The summed E-state index contributed by atoms with van der Waals surface area (Å²) in [4.78, 5) is 3.87. The first-order valence-electron chi connectivity index (χ1n) is 6.70. The highest BCUT2D eigenvalue weighted by atomic mass is 19.1. The molecule has 0 atom stereocenters. The van der Waals surface area contributed by atoms with Crippen LogP contribution < -0.4 is 5.73 Å². The molecule has 0 saturated heterocycles. The number of halogens is 1. The molecule has 0 spiro atoms. The highest BCUT2D eigenvalue weighted by molar-refractivity contribution is 5.85. The maximum Gasteiger partial charge on any atom is 0.239 e. The molecule has 1 aromatic carbocycles. The first-order valence-corrected chi connectivity index (χ1v) is 6.70. The average Bonchev–Trinajstić information content (AvgIpc) is 2.84. The molecule has 7 nitrogen and oxygen atoms in total. The molecule has 0 fully saturated rings. The molecule has 0 amide bonds. The van der Waals surface area contributed by atoms with Crippen molar-refractivity contribution in [2.75, 3.05) is 12.8 Å². The van der Waals surface area contributed by atoms with Gasteiger partial charge in [-0.25, -0.2) is 8.91 Å². The minimum absolute atomic E-state index is 0.0198. The summed E-state index contributed by atoms with van der Waals surface area (Å²) >= 11 is 0. The Labute approximate surface area is 130 Å². The second-order valence-electron chi connectivity index (χ2n) is 4.88. The smallest absolute Gasteiger partial charge is 0.239 e. The van der Waals surface area contributed by atoms with Crippen LogP contribution in [0.4, 0.5) is 16.0 Å². The number of hydrogen-bond acceptors (Lipinski definition) is 6. The number of nitriles is 1. The quantitative estimate of drug-likeness (QED) is 0.734. The number of fused-ring (bicyclic) bond motifs is 1. The molecule has 3 aromatic rings. The second-order valence-corrected chi connectivity index (χ2v) is 4.88. The van der Waals surface area contributed by atoms with Crippen LogP contribution in [0.25, 0.3) is 16.6 Å². The molecule has 2 N–H and O–H groups in total. The third kappa shape index (κ3) is 2.38. The Morgan fingerprint density at radius 2 is 2.17 bits per heavy atom. The Balaban J connectivity index is 2.30. The Morgan fingerprint density at radius 1 is 1.39 bits per heavy atom. The molecule has 0 saturated carbocycles. The maximum atomic E-state index is 14.4. The van der Waals surface area contributed by atoms with Crippen molar-refractivity contribution >= 4 is 17.2 Å². The van der Waals surface area contributed by atoms with Crippen LogP contribution in [0.2, 0.25) is 0 Å². The number of benzene rings is 1. The largest absolute Gasteiger partial charge is 0.367 e. The summed E-state index contributed by atoms with van der Waals surface area (Å²) in [6.07, 6.45) is 1.18. The standard InChI is InChI=1S/C15H12FN7/c1-8-5-9(3-4-11(8)21-19-2)13-10(16)7-23-14(13)12(6-17)20-15(18)22-23/h3-5,7H,1-2H3,(H2,18,22). The topological polar surface area (TPSA) is 105 Å². The van der Waals surface area contributed by atoms with E-state index in [2.05, 4.69) is 20.3 Å². The molecule has 3 rings (SSSR count). The Bertz CT molecular complexity index is 982. The van der Waals surface area contributed by atoms with Crippen molar-refractivity contribution in [2.45, 2.75) is 6.92 Å². The van der Waals surface area contributed by atoms with E-state index in [9.17, 15) is 9.65 Å². The molecule has 114 valence electrons. The van der Waals surface area contributed by atoms with Crippen LogP contribution in [-0.4, -0.2) is 21.6 Å². The first kappa shape index (κ1) is 14.6. The van der Waals surface area contributed by atoms with Gasteiger partial charge in [-0.05, 0) is 30.2 Å². The van der Waals surface area contributed by atoms with Gasteiger partial charge in [0.1, 0.15) is 11.6 Å². The van der Waals surface area contributed by atoms with Gasteiger partial charge in [0.25, 0.3) is 0 Å². The molecule has 2 aromatic heterocycles. The van der Waals surface area contributed by atoms with E-state index in [1.807, 2.05) is 13.0 Å². The van der Waals surface area contributed by atoms with Crippen LogP contribution in [0, 0.1) is 24.1 Å². The Hall–Kier alpha value is -3.34. The summed E-state index contributed by atoms with van der Waals surface area (Å²) < 4.78 is 15.7. The molecule has 0 radical (unpaired) electrons. The van der Waals surface area contributed by atoms with E-state index < -0.39 is 5.82 Å². The number of nitrogen functional groups attached to an aromatic ring is 1. The summed E-state index contributed by atoms with van der Waals surface area (Å²) in [7, 11) is 1.58. The van der Waals surface area contributed by atoms with E-state index >= 15 is 0 Å². The zero-order valence-electron chi connectivity index (χ0n) is 12.4. The van der Waals surface area contributed by atoms with Crippen molar-refractivity contribution in [1.29, 1.82) is 5.26 Å². The van der Waals surface area contributed by atoms with Gasteiger partial charge >= 0.3 is 0 Å². The molecule has 23 heavy (non-hydrogen) atoms. The third-order valence-corrected chi connectivity index (χ3v) is 3.40. The first-order chi connectivity index (χ1) is 11.0. The fourth-order valence-corrected chi connectivity index (χ4v) is 2.45. The van der Waals surface area contributed by atoms with Gasteiger partial charge in [-0.15, -0.1) is 5.10 Å². The minimum atomic E-state index is -0.509. The number of aryl methyl sites for hydroxylation is 1. The van der Waals surface area contributed by atoms with Gasteiger partial charge < -0.3 is 5.73 Å². The van der Waals surface area contributed by atoms with E-state index in [1.54, 1.807) is 25.2 Å². The van der Waals surface area contributed by atoms with Crippen molar-refractivity contribution in [3.8, 4) is 17.2 Å². The van der Waals surface area contributed by atoms with Crippen molar-refractivity contribution in [3.05, 3.63) is 41.5 Å². The van der Waals surface area contributed by atoms with Crippen LogP contribution >= 0.6 is 0 Å². The number of nitrogens with zero attached hydrogens (tertiary/aromatic N) is 6. The predicted octanol–water partition coefficient (Wildman–Crippen LogP) is 3.01. The number of aromatic nitrogens is 3. The average molecular weight is 309 g/mol. The van der Waals surface area contributed by atoms with Gasteiger partial charge in [-0.3, -0.25) is 0 Å². The summed E-state index contributed by atoms with van der Waals surface area (Å²) in [6, 6.07) is 7.16. The van der Waals surface area contributed by atoms with Crippen LogP contribution in [-0.2, 0) is 0 Å². The van der Waals surface area contributed by atoms with E-state index in [0.29, 0.717) is 11.3 Å². The lowest BCUT2D eigenvalue weighted by Gasteiger charge is -2.05.